The Labute approximate surface area is 140 Å². The zero-order valence-electron chi connectivity index (χ0n) is 14.0. The monoisotopic (exact) mass is 343 g/mol. The Morgan fingerprint density at radius 3 is 2.58 bits per heavy atom. The maximum absolute atomic E-state index is 13.0. The first-order chi connectivity index (χ1) is 11.4. The quantitative estimate of drug-likeness (QED) is 0.474. The second kappa shape index (κ2) is 7.88. The van der Waals surface area contributed by atoms with Crippen molar-refractivity contribution in [3.05, 3.63) is 35.4 Å². The fourth-order valence-corrected chi connectivity index (χ4v) is 2.94. The second-order valence-electron chi connectivity index (χ2n) is 6.06. The summed E-state index contributed by atoms with van der Waals surface area (Å²) in [4.78, 5) is 4.13. The van der Waals surface area contributed by atoms with E-state index < -0.39 is 11.7 Å². The Morgan fingerprint density at radius 1 is 1.29 bits per heavy atom. The molecule has 24 heavy (non-hydrogen) atoms. The Balaban J connectivity index is 2.06. The molecule has 1 saturated carbocycles. The van der Waals surface area contributed by atoms with Crippen LogP contribution in [0.2, 0.25) is 0 Å². The molecule has 1 aliphatic rings. The lowest BCUT2D eigenvalue weighted by Crippen LogP contribution is -2.49. The standard InChI is InChI=1S/C17H24F3N3O/c1-21-15(22-9-10-24-2)23-12-16(7-4-8-16)13-5-3-6-14(11-13)17(18,19)20/h3,5-6,11H,4,7-10,12H2,1-2H3,(H2,21,22,23). The zero-order chi connectivity index (χ0) is 17.6. The number of alkyl halides is 3. The van der Waals surface area contributed by atoms with Crippen molar-refractivity contribution in [2.45, 2.75) is 30.9 Å². The van der Waals surface area contributed by atoms with Gasteiger partial charge in [0.05, 0.1) is 12.2 Å². The molecule has 0 amide bonds. The maximum Gasteiger partial charge on any atom is 0.416 e. The molecule has 1 aromatic carbocycles. The minimum atomic E-state index is -4.31. The number of halogens is 3. The molecule has 1 fully saturated rings. The van der Waals surface area contributed by atoms with Gasteiger partial charge in [0.25, 0.3) is 0 Å². The number of hydrogen-bond acceptors (Lipinski definition) is 2. The average molecular weight is 343 g/mol. The number of hydrogen-bond donors (Lipinski definition) is 2. The normalized spacial score (nSPS) is 17.3. The Kier molecular flexibility index (Phi) is 6.10. The molecular formula is C17H24F3N3O. The minimum Gasteiger partial charge on any atom is -0.383 e. The van der Waals surface area contributed by atoms with Crippen molar-refractivity contribution in [2.24, 2.45) is 4.99 Å². The van der Waals surface area contributed by atoms with Gasteiger partial charge >= 0.3 is 6.18 Å². The molecular weight excluding hydrogens is 319 g/mol. The Hall–Kier alpha value is -1.76. The Bertz CT molecular complexity index is 568. The van der Waals surface area contributed by atoms with Gasteiger partial charge < -0.3 is 15.4 Å². The highest BCUT2D eigenvalue weighted by atomic mass is 19.4. The van der Waals surface area contributed by atoms with E-state index in [0.717, 1.165) is 30.9 Å². The summed E-state index contributed by atoms with van der Waals surface area (Å²) in [6.45, 7) is 1.73. The molecule has 1 aliphatic carbocycles. The highest BCUT2D eigenvalue weighted by Gasteiger charge is 2.40. The predicted octanol–water partition coefficient (Wildman–Crippen LogP) is 2.94. The molecule has 0 unspecified atom stereocenters. The van der Waals surface area contributed by atoms with Gasteiger partial charge in [-0.25, -0.2) is 0 Å². The Morgan fingerprint density at radius 2 is 2.04 bits per heavy atom. The first kappa shape index (κ1) is 18.6. The lowest BCUT2D eigenvalue weighted by atomic mass is 9.64. The molecule has 0 radical (unpaired) electrons. The van der Waals surface area contributed by atoms with Crippen molar-refractivity contribution in [2.75, 3.05) is 33.9 Å². The van der Waals surface area contributed by atoms with Crippen LogP contribution in [0.3, 0.4) is 0 Å². The molecule has 0 saturated heterocycles. The van der Waals surface area contributed by atoms with Crippen molar-refractivity contribution < 1.29 is 17.9 Å². The minimum absolute atomic E-state index is 0.264. The molecule has 0 bridgehead atoms. The van der Waals surface area contributed by atoms with Gasteiger partial charge in [0.15, 0.2) is 5.96 Å². The van der Waals surface area contributed by atoms with E-state index in [9.17, 15) is 13.2 Å². The van der Waals surface area contributed by atoms with Crippen LogP contribution in [0.5, 0.6) is 0 Å². The van der Waals surface area contributed by atoms with Gasteiger partial charge in [-0.15, -0.1) is 0 Å². The van der Waals surface area contributed by atoms with E-state index in [2.05, 4.69) is 15.6 Å². The van der Waals surface area contributed by atoms with E-state index in [1.807, 2.05) is 0 Å². The largest absolute Gasteiger partial charge is 0.416 e. The van der Waals surface area contributed by atoms with Crippen LogP contribution in [0, 0.1) is 0 Å². The summed E-state index contributed by atoms with van der Waals surface area (Å²) in [5, 5.41) is 6.34. The summed E-state index contributed by atoms with van der Waals surface area (Å²) < 4.78 is 43.9. The van der Waals surface area contributed by atoms with E-state index >= 15 is 0 Å². The number of nitrogens with one attached hydrogen (secondary N) is 2. The topological polar surface area (TPSA) is 45.7 Å². The van der Waals surface area contributed by atoms with Crippen molar-refractivity contribution in [1.82, 2.24) is 10.6 Å². The molecule has 7 heteroatoms. The first-order valence-corrected chi connectivity index (χ1v) is 8.02. The summed E-state index contributed by atoms with van der Waals surface area (Å²) in [7, 11) is 3.29. The van der Waals surface area contributed by atoms with Gasteiger partial charge in [-0.2, -0.15) is 13.2 Å². The van der Waals surface area contributed by atoms with E-state index in [-0.39, 0.29) is 5.41 Å². The molecule has 0 aliphatic heterocycles. The maximum atomic E-state index is 13.0. The molecule has 2 N–H and O–H groups in total. The van der Waals surface area contributed by atoms with Crippen LogP contribution >= 0.6 is 0 Å². The third kappa shape index (κ3) is 4.41. The van der Waals surface area contributed by atoms with Gasteiger partial charge in [0.2, 0.25) is 0 Å². The summed E-state index contributed by atoms with van der Waals surface area (Å²) in [5.74, 6) is 0.630. The van der Waals surface area contributed by atoms with Crippen LogP contribution in [-0.2, 0) is 16.3 Å². The molecule has 0 spiro atoms. The summed E-state index contributed by atoms with van der Waals surface area (Å²) >= 11 is 0. The van der Waals surface area contributed by atoms with E-state index in [1.165, 1.54) is 12.1 Å². The third-order valence-corrected chi connectivity index (χ3v) is 4.53. The highest BCUT2D eigenvalue weighted by Crippen LogP contribution is 2.44. The number of guanidine groups is 1. The number of methoxy groups -OCH3 is 1. The van der Waals surface area contributed by atoms with Gasteiger partial charge in [-0.1, -0.05) is 24.6 Å². The first-order valence-electron chi connectivity index (χ1n) is 8.02. The van der Waals surface area contributed by atoms with Gasteiger partial charge in [0.1, 0.15) is 0 Å². The molecule has 2 rings (SSSR count). The molecule has 4 nitrogen and oxygen atoms in total. The molecule has 0 atom stereocenters. The summed E-state index contributed by atoms with van der Waals surface area (Å²) in [6, 6.07) is 5.68. The highest BCUT2D eigenvalue weighted by molar-refractivity contribution is 5.79. The van der Waals surface area contributed by atoms with Gasteiger partial charge in [0, 0.05) is 32.7 Å². The van der Waals surface area contributed by atoms with Crippen molar-refractivity contribution >= 4 is 5.96 Å². The van der Waals surface area contributed by atoms with Crippen molar-refractivity contribution in [3.63, 3.8) is 0 Å². The molecule has 134 valence electrons. The van der Waals surface area contributed by atoms with E-state index in [1.54, 1.807) is 20.2 Å². The number of aliphatic imine (C=N–C) groups is 1. The van der Waals surface area contributed by atoms with Crippen molar-refractivity contribution in [1.29, 1.82) is 0 Å². The number of ether oxygens (including phenoxy) is 1. The lowest BCUT2D eigenvalue weighted by Gasteiger charge is -2.43. The fraction of sp³-hybridized carbons (Fsp3) is 0.588. The van der Waals surface area contributed by atoms with Gasteiger partial charge in [-0.05, 0) is 24.5 Å². The molecule has 0 heterocycles. The second-order valence-corrected chi connectivity index (χ2v) is 6.06. The van der Waals surface area contributed by atoms with Gasteiger partial charge in [-0.3, -0.25) is 4.99 Å². The van der Waals surface area contributed by atoms with E-state index in [4.69, 9.17) is 4.74 Å². The van der Waals surface area contributed by atoms with Crippen LogP contribution in [-0.4, -0.2) is 39.8 Å². The van der Waals surface area contributed by atoms with Crippen LogP contribution in [0.1, 0.15) is 30.4 Å². The van der Waals surface area contributed by atoms with Crippen LogP contribution in [0.25, 0.3) is 0 Å². The van der Waals surface area contributed by atoms with Crippen LogP contribution in [0.15, 0.2) is 29.3 Å². The smallest absolute Gasteiger partial charge is 0.383 e. The number of benzene rings is 1. The average Bonchev–Trinajstić information content (AvgIpc) is 2.51. The molecule has 0 aromatic heterocycles. The van der Waals surface area contributed by atoms with Crippen LogP contribution < -0.4 is 10.6 Å². The van der Waals surface area contributed by atoms with Crippen molar-refractivity contribution in [3.8, 4) is 0 Å². The third-order valence-electron chi connectivity index (χ3n) is 4.53. The predicted molar refractivity (Wildman–Crippen MR) is 88.2 cm³/mol. The summed E-state index contributed by atoms with van der Waals surface area (Å²) in [5.41, 5.74) is -0.113. The fourth-order valence-electron chi connectivity index (χ4n) is 2.94. The molecule has 1 aromatic rings. The zero-order valence-corrected chi connectivity index (χ0v) is 14.0. The van der Waals surface area contributed by atoms with Crippen LogP contribution in [0.4, 0.5) is 13.2 Å². The lowest BCUT2D eigenvalue weighted by molar-refractivity contribution is -0.137. The summed E-state index contributed by atoms with van der Waals surface area (Å²) in [6.07, 6.45) is -1.55. The number of rotatable bonds is 6. The van der Waals surface area contributed by atoms with E-state index in [0.29, 0.717) is 25.7 Å². The SMILES string of the molecule is CN=C(NCCOC)NCC1(c2cccc(C(F)(F)F)c2)CCC1. The number of nitrogens with zero attached hydrogens (tertiary/aromatic N) is 1.